The van der Waals surface area contributed by atoms with Gasteiger partial charge in [0.05, 0.1) is 34.1 Å². The number of H-pyrrole nitrogens is 1. The van der Waals surface area contributed by atoms with Crippen LogP contribution in [-0.2, 0) is 0 Å². The molecule has 4 aromatic rings. The highest BCUT2D eigenvalue weighted by Crippen LogP contribution is 2.38. The van der Waals surface area contributed by atoms with Crippen LogP contribution in [0.5, 0.6) is 5.75 Å². The summed E-state index contributed by atoms with van der Waals surface area (Å²) in [4.78, 5) is 16.4. The molecule has 0 saturated carbocycles. The van der Waals surface area contributed by atoms with Crippen molar-refractivity contribution in [2.45, 2.75) is 52.5 Å². The highest BCUT2D eigenvalue weighted by molar-refractivity contribution is 6.34. The molecular formula is C28H31ClN4O3. The fourth-order valence-electron chi connectivity index (χ4n) is 4.94. The van der Waals surface area contributed by atoms with Gasteiger partial charge in [-0.05, 0) is 64.3 Å². The quantitative estimate of drug-likeness (QED) is 0.268. The fraction of sp³-hybridized carbons (Fsp3) is 0.357. The summed E-state index contributed by atoms with van der Waals surface area (Å²) < 4.78 is 11.8. The number of aromatic nitrogens is 2. The second kappa shape index (κ2) is 10.4. The lowest BCUT2D eigenvalue weighted by Gasteiger charge is -2.24. The lowest BCUT2D eigenvalue weighted by Crippen LogP contribution is -2.35. The van der Waals surface area contributed by atoms with E-state index >= 15 is 0 Å². The maximum atomic E-state index is 13.4. The lowest BCUT2D eigenvalue weighted by atomic mass is 9.99. The van der Waals surface area contributed by atoms with Crippen molar-refractivity contribution >= 4 is 34.1 Å². The number of rotatable bonds is 7. The van der Waals surface area contributed by atoms with Crippen LogP contribution in [0.4, 0.5) is 11.6 Å². The maximum absolute atomic E-state index is 13.4. The zero-order valence-corrected chi connectivity index (χ0v) is 21.6. The third-order valence-electron chi connectivity index (χ3n) is 6.58. The first kappa shape index (κ1) is 24.4. The lowest BCUT2D eigenvalue weighted by molar-refractivity contribution is 0.271. The number of aryl methyl sites for hydroxylation is 3. The Morgan fingerprint density at radius 1 is 1.11 bits per heavy atom. The molecule has 0 amide bonds. The third kappa shape index (κ3) is 5.27. The van der Waals surface area contributed by atoms with Gasteiger partial charge in [0, 0.05) is 17.5 Å². The van der Waals surface area contributed by atoms with Crippen LogP contribution >= 0.6 is 11.6 Å². The minimum absolute atomic E-state index is 0.207. The predicted molar refractivity (Wildman–Crippen MR) is 145 cm³/mol. The van der Waals surface area contributed by atoms with Gasteiger partial charge in [-0.3, -0.25) is 4.79 Å². The highest BCUT2D eigenvalue weighted by Gasteiger charge is 2.20. The minimum atomic E-state index is -0.207. The average molecular weight is 507 g/mol. The number of piperidine rings is 1. The summed E-state index contributed by atoms with van der Waals surface area (Å²) in [6.07, 6.45) is 4.46. The van der Waals surface area contributed by atoms with Crippen LogP contribution in [0.2, 0.25) is 5.02 Å². The molecule has 3 N–H and O–H groups in total. The predicted octanol–water partition coefficient (Wildman–Crippen LogP) is 6.42. The summed E-state index contributed by atoms with van der Waals surface area (Å²) in [6.45, 7) is 7.46. The van der Waals surface area contributed by atoms with Crippen LogP contribution in [0.1, 0.15) is 42.5 Å². The van der Waals surface area contributed by atoms with Gasteiger partial charge in [-0.1, -0.05) is 52.5 Å². The Morgan fingerprint density at radius 2 is 1.92 bits per heavy atom. The second-order valence-corrected chi connectivity index (χ2v) is 10.1. The number of hydrogen-bond acceptors (Lipinski definition) is 6. The molecule has 1 aliphatic rings. The number of nitrogens with one attached hydrogen (secondary N) is 3. The molecule has 1 saturated heterocycles. The molecule has 0 radical (unpaired) electrons. The topological polar surface area (TPSA) is 92.2 Å². The first-order valence-corrected chi connectivity index (χ1v) is 12.8. The number of anilines is 2. The zero-order valence-electron chi connectivity index (χ0n) is 20.8. The molecule has 1 atom stereocenters. The van der Waals surface area contributed by atoms with Gasteiger partial charge in [0.1, 0.15) is 5.75 Å². The number of halogens is 1. The van der Waals surface area contributed by atoms with Gasteiger partial charge < -0.3 is 24.9 Å². The summed E-state index contributed by atoms with van der Waals surface area (Å²) in [5.41, 5.74) is 5.33. The van der Waals surface area contributed by atoms with Crippen molar-refractivity contribution in [3.63, 3.8) is 0 Å². The highest BCUT2D eigenvalue weighted by atomic mass is 35.5. The molecule has 0 unspecified atom stereocenters. The summed E-state index contributed by atoms with van der Waals surface area (Å²) in [5.74, 6) is 1.04. The van der Waals surface area contributed by atoms with E-state index in [1.54, 1.807) is 12.1 Å². The minimum Gasteiger partial charge on any atom is -0.492 e. The number of benzene rings is 2. The number of fused-ring (bicyclic) bond motifs is 1. The number of pyridine rings is 1. The van der Waals surface area contributed by atoms with E-state index in [-0.39, 0.29) is 5.56 Å². The first-order valence-electron chi connectivity index (χ1n) is 12.4. The Bertz CT molecular complexity index is 1430. The van der Waals surface area contributed by atoms with E-state index in [1.165, 1.54) is 12.8 Å². The molecule has 5 rings (SSSR count). The van der Waals surface area contributed by atoms with Gasteiger partial charge in [0.2, 0.25) is 5.88 Å². The van der Waals surface area contributed by atoms with Crippen LogP contribution in [0.3, 0.4) is 0 Å². The van der Waals surface area contributed by atoms with Crippen molar-refractivity contribution in [2.24, 2.45) is 0 Å². The molecule has 7 nitrogen and oxygen atoms in total. The van der Waals surface area contributed by atoms with Crippen LogP contribution < -0.4 is 20.9 Å². The molecular weight excluding hydrogens is 476 g/mol. The Kier molecular flexibility index (Phi) is 7.03. The molecule has 0 aliphatic carbocycles. The summed E-state index contributed by atoms with van der Waals surface area (Å²) in [5, 5.41) is 11.9. The first-order chi connectivity index (χ1) is 17.4. The molecule has 0 bridgehead atoms. The molecule has 36 heavy (non-hydrogen) atoms. The van der Waals surface area contributed by atoms with Gasteiger partial charge in [-0.15, -0.1) is 0 Å². The Morgan fingerprint density at radius 3 is 2.61 bits per heavy atom. The normalized spacial score (nSPS) is 15.8. The number of aromatic amines is 1. The van der Waals surface area contributed by atoms with E-state index in [2.05, 4.69) is 26.8 Å². The van der Waals surface area contributed by atoms with Crippen molar-refractivity contribution < 1.29 is 9.26 Å². The molecule has 2 aromatic carbocycles. The Labute approximate surface area is 215 Å². The van der Waals surface area contributed by atoms with E-state index in [0.29, 0.717) is 46.1 Å². The molecule has 0 spiro atoms. The van der Waals surface area contributed by atoms with E-state index in [9.17, 15) is 4.79 Å². The smallest absolute Gasteiger partial charge is 0.260 e. The maximum Gasteiger partial charge on any atom is 0.260 e. The number of nitrogens with zero attached hydrogens (tertiary/aromatic N) is 1. The molecule has 3 heterocycles. The molecule has 2 aromatic heterocycles. The van der Waals surface area contributed by atoms with Crippen molar-refractivity contribution in [3.05, 3.63) is 68.6 Å². The average Bonchev–Trinajstić information content (AvgIpc) is 3.24. The van der Waals surface area contributed by atoms with Gasteiger partial charge in [0.15, 0.2) is 0 Å². The fourth-order valence-corrected chi connectivity index (χ4v) is 5.15. The van der Waals surface area contributed by atoms with Crippen molar-refractivity contribution in [1.29, 1.82) is 0 Å². The standard InChI is InChI=1S/C28H31ClN4O3/c1-16-10-17(2)12-19(11-16)26-27(35-9-7-20-6-4-5-8-30-20)21-14-24(31-25-13-18(3)33-36-25)22(29)15-23(21)32-28(26)34/h10-15,20,30-31H,4-9H2,1-3H3,(H,32,34)/t20-/m0/s1. The largest absolute Gasteiger partial charge is 0.492 e. The van der Waals surface area contributed by atoms with E-state index in [1.807, 2.05) is 39.0 Å². The molecule has 1 fully saturated rings. The van der Waals surface area contributed by atoms with E-state index in [0.717, 1.165) is 47.2 Å². The van der Waals surface area contributed by atoms with Gasteiger partial charge in [0.25, 0.3) is 5.56 Å². The SMILES string of the molecule is Cc1cc(C)cc(-c2c(OCC[C@@H]3CCCCN3)c3cc(Nc4cc(C)no4)c(Cl)cc3[nH]c2=O)c1. The van der Waals surface area contributed by atoms with Gasteiger partial charge in [-0.25, -0.2) is 0 Å². The number of ether oxygens (including phenoxy) is 1. The molecule has 188 valence electrons. The van der Waals surface area contributed by atoms with Crippen LogP contribution in [-0.4, -0.2) is 29.3 Å². The van der Waals surface area contributed by atoms with Crippen molar-refractivity contribution in [1.82, 2.24) is 15.5 Å². The van der Waals surface area contributed by atoms with Crippen molar-refractivity contribution in [2.75, 3.05) is 18.5 Å². The summed E-state index contributed by atoms with van der Waals surface area (Å²) in [7, 11) is 0. The summed E-state index contributed by atoms with van der Waals surface area (Å²) >= 11 is 6.57. The van der Waals surface area contributed by atoms with E-state index < -0.39 is 0 Å². The van der Waals surface area contributed by atoms with Gasteiger partial charge in [-0.2, -0.15) is 0 Å². The molecule has 1 aliphatic heterocycles. The van der Waals surface area contributed by atoms with Crippen LogP contribution in [0.25, 0.3) is 22.0 Å². The number of hydrogen-bond donors (Lipinski definition) is 3. The molecule has 8 heteroatoms. The van der Waals surface area contributed by atoms with Gasteiger partial charge >= 0.3 is 0 Å². The van der Waals surface area contributed by atoms with Crippen LogP contribution in [0, 0.1) is 20.8 Å². The second-order valence-electron chi connectivity index (χ2n) is 9.65. The van der Waals surface area contributed by atoms with E-state index in [4.69, 9.17) is 20.9 Å². The zero-order chi connectivity index (χ0) is 25.2. The third-order valence-corrected chi connectivity index (χ3v) is 6.89. The van der Waals surface area contributed by atoms with Crippen LogP contribution in [0.15, 0.2) is 45.7 Å². The van der Waals surface area contributed by atoms with Crippen molar-refractivity contribution in [3.8, 4) is 16.9 Å². The Hall–Kier alpha value is -3.29. The monoisotopic (exact) mass is 506 g/mol. The Balaban J connectivity index is 1.61. The summed E-state index contributed by atoms with van der Waals surface area (Å²) in [6, 6.07) is 12.0.